The topological polar surface area (TPSA) is 59.3 Å². The first-order chi connectivity index (χ1) is 12.5. The van der Waals surface area contributed by atoms with Crippen molar-refractivity contribution in [1.82, 2.24) is 15.2 Å². The molecule has 26 heavy (non-hydrogen) atoms. The van der Waals surface area contributed by atoms with E-state index in [1.54, 1.807) is 18.3 Å². The number of benzene rings is 2. The predicted molar refractivity (Wildman–Crippen MR) is 106 cm³/mol. The van der Waals surface area contributed by atoms with Crippen LogP contribution >= 0.6 is 15.9 Å². The smallest absolute Gasteiger partial charge is 0.267 e. The number of hydrazone groups is 1. The van der Waals surface area contributed by atoms with Crippen LogP contribution in [0.2, 0.25) is 0 Å². The molecule has 5 nitrogen and oxygen atoms in total. The van der Waals surface area contributed by atoms with Crippen molar-refractivity contribution in [3.8, 4) is 0 Å². The van der Waals surface area contributed by atoms with Crippen molar-refractivity contribution in [2.24, 2.45) is 5.10 Å². The third-order valence-corrected chi connectivity index (χ3v) is 4.61. The number of nitrogens with zero attached hydrogens (tertiary/aromatic N) is 3. The third kappa shape index (κ3) is 4.26. The zero-order valence-electron chi connectivity index (χ0n) is 14.6. The standard InChI is InChI=1S/C20H19BrN4O/c1-14-19(12-22-23-20(26)17-8-10-18(21)11-9-17)15(2)25(24-14)13-16-6-4-3-5-7-16/h3-12H,13H2,1-2H3,(H,23,26)/b22-12+. The van der Waals surface area contributed by atoms with Crippen molar-refractivity contribution in [3.05, 3.63) is 87.1 Å². The van der Waals surface area contributed by atoms with E-state index in [4.69, 9.17) is 0 Å². The Kier molecular flexibility index (Phi) is 5.63. The number of aryl methyl sites for hydroxylation is 1. The van der Waals surface area contributed by atoms with Gasteiger partial charge in [0.1, 0.15) is 0 Å². The first-order valence-corrected chi connectivity index (χ1v) is 9.01. The predicted octanol–water partition coefficient (Wildman–Crippen LogP) is 4.07. The maximum atomic E-state index is 12.1. The van der Waals surface area contributed by atoms with Gasteiger partial charge in [0.15, 0.2) is 0 Å². The number of aromatic nitrogens is 2. The highest BCUT2D eigenvalue weighted by Gasteiger charge is 2.10. The van der Waals surface area contributed by atoms with E-state index in [0.717, 1.165) is 21.4 Å². The largest absolute Gasteiger partial charge is 0.271 e. The minimum absolute atomic E-state index is 0.249. The fourth-order valence-corrected chi connectivity index (χ4v) is 2.89. The van der Waals surface area contributed by atoms with E-state index in [-0.39, 0.29) is 5.91 Å². The van der Waals surface area contributed by atoms with E-state index in [1.165, 1.54) is 5.56 Å². The molecule has 0 aliphatic heterocycles. The van der Waals surface area contributed by atoms with Gasteiger partial charge in [-0.05, 0) is 43.7 Å². The van der Waals surface area contributed by atoms with Crippen molar-refractivity contribution in [1.29, 1.82) is 0 Å². The van der Waals surface area contributed by atoms with Crippen LogP contribution in [0.3, 0.4) is 0 Å². The Balaban J connectivity index is 1.70. The highest BCUT2D eigenvalue weighted by atomic mass is 79.9. The molecule has 0 unspecified atom stereocenters. The number of halogens is 1. The molecule has 3 aromatic rings. The van der Waals surface area contributed by atoms with E-state index < -0.39 is 0 Å². The molecule has 1 N–H and O–H groups in total. The van der Waals surface area contributed by atoms with Crippen molar-refractivity contribution in [2.75, 3.05) is 0 Å². The molecular formula is C20H19BrN4O. The second-order valence-electron chi connectivity index (χ2n) is 5.93. The molecule has 0 fully saturated rings. The molecule has 6 heteroatoms. The van der Waals surface area contributed by atoms with Crippen LogP contribution in [0, 0.1) is 13.8 Å². The lowest BCUT2D eigenvalue weighted by molar-refractivity contribution is 0.0955. The molecule has 132 valence electrons. The molecule has 0 aliphatic rings. The molecule has 0 saturated carbocycles. The Bertz CT molecular complexity index is 930. The normalized spacial score (nSPS) is 11.0. The maximum Gasteiger partial charge on any atom is 0.271 e. The highest BCUT2D eigenvalue weighted by Crippen LogP contribution is 2.13. The Labute approximate surface area is 160 Å². The summed E-state index contributed by atoms with van der Waals surface area (Å²) in [7, 11) is 0. The van der Waals surface area contributed by atoms with E-state index in [1.807, 2.05) is 48.9 Å². The molecule has 1 amide bonds. The number of carbonyl (C=O) groups excluding carboxylic acids is 1. The summed E-state index contributed by atoms with van der Waals surface area (Å²) in [5, 5.41) is 8.67. The van der Waals surface area contributed by atoms with Gasteiger partial charge in [-0.3, -0.25) is 9.48 Å². The van der Waals surface area contributed by atoms with Crippen molar-refractivity contribution < 1.29 is 4.79 Å². The van der Waals surface area contributed by atoms with Crippen LogP contribution in [0.4, 0.5) is 0 Å². The van der Waals surface area contributed by atoms with Gasteiger partial charge in [-0.25, -0.2) is 5.43 Å². The van der Waals surface area contributed by atoms with Gasteiger partial charge in [-0.1, -0.05) is 46.3 Å². The zero-order valence-corrected chi connectivity index (χ0v) is 16.2. The van der Waals surface area contributed by atoms with Gasteiger partial charge < -0.3 is 0 Å². The summed E-state index contributed by atoms with van der Waals surface area (Å²) in [6.45, 7) is 4.64. The summed E-state index contributed by atoms with van der Waals surface area (Å²) in [6.07, 6.45) is 1.65. The molecule has 0 saturated heterocycles. The van der Waals surface area contributed by atoms with Crippen LogP contribution in [-0.2, 0) is 6.54 Å². The molecule has 1 aromatic heterocycles. The van der Waals surface area contributed by atoms with Crippen molar-refractivity contribution in [3.63, 3.8) is 0 Å². The van der Waals surface area contributed by atoms with Crippen molar-refractivity contribution >= 4 is 28.1 Å². The number of carbonyl (C=O) groups is 1. The van der Waals surface area contributed by atoms with Crippen LogP contribution in [0.5, 0.6) is 0 Å². The first kappa shape index (κ1) is 18.1. The molecule has 3 rings (SSSR count). The Hall–Kier alpha value is -2.73. The minimum Gasteiger partial charge on any atom is -0.267 e. The van der Waals surface area contributed by atoms with E-state index in [0.29, 0.717) is 12.1 Å². The summed E-state index contributed by atoms with van der Waals surface area (Å²) in [5.74, 6) is -0.249. The number of hydrogen-bond donors (Lipinski definition) is 1. The summed E-state index contributed by atoms with van der Waals surface area (Å²) in [6, 6.07) is 17.3. The average Bonchev–Trinajstić information content (AvgIpc) is 2.90. The van der Waals surface area contributed by atoms with E-state index >= 15 is 0 Å². The maximum absolute atomic E-state index is 12.1. The van der Waals surface area contributed by atoms with Gasteiger partial charge in [-0.15, -0.1) is 0 Å². The van der Waals surface area contributed by atoms with E-state index in [2.05, 4.69) is 43.7 Å². The Morgan fingerprint density at radius 1 is 1.15 bits per heavy atom. The molecule has 2 aromatic carbocycles. The number of rotatable bonds is 5. The lowest BCUT2D eigenvalue weighted by Crippen LogP contribution is -2.17. The van der Waals surface area contributed by atoms with Crippen LogP contribution in [0.15, 0.2) is 64.2 Å². The number of amides is 1. The van der Waals surface area contributed by atoms with Gasteiger partial charge in [0.05, 0.1) is 18.5 Å². The van der Waals surface area contributed by atoms with Crippen molar-refractivity contribution in [2.45, 2.75) is 20.4 Å². The Morgan fingerprint density at radius 3 is 2.54 bits per heavy atom. The number of hydrogen-bond acceptors (Lipinski definition) is 3. The van der Waals surface area contributed by atoms with Crippen LogP contribution < -0.4 is 5.43 Å². The van der Waals surface area contributed by atoms with Gasteiger partial charge >= 0.3 is 0 Å². The fourth-order valence-electron chi connectivity index (χ4n) is 2.63. The molecule has 0 spiro atoms. The summed E-state index contributed by atoms with van der Waals surface area (Å²) < 4.78 is 2.87. The highest BCUT2D eigenvalue weighted by molar-refractivity contribution is 9.10. The average molecular weight is 411 g/mol. The lowest BCUT2D eigenvalue weighted by atomic mass is 10.2. The second-order valence-corrected chi connectivity index (χ2v) is 6.85. The Morgan fingerprint density at radius 2 is 1.85 bits per heavy atom. The van der Waals surface area contributed by atoms with Gasteiger partial charge in [-0.2, -0.15) is 10.2 Å². The minimum atomic E-state index is -0.249. The van der Waals surface area contributed by atoms with Gasteiger partial charge in [0.25, 0.3) is 5.91 Å². The van der Waals surface area contributed by atoms with Crippen LogP contribution in [0.25, 0.3) is 0 Å². The molecule has 0 aliphatic carbocycles. The molecular weight excluding hydrogens is 392 g/mol. The third-order valence-electron chi connectivity index (χ3n) is 4.08. The second kappa shape index (κ2) is 8.10. The SMILES string of the molecule is Cc1nn(Cc2ccccc2)c(C)c1/C=N/NC(=O)c1ccc(Br)cc1. The van der Waals surface area contributed by atoms with E-state index in [9.17, 15) is 4.79 Å². The fraction of sp³-hybridized carbons (Fsp3) is 0.150. The molecule has 1 heterocycles. The van der Waals surface area contributed by atoms with Gasteiger partial charge in [0, 0.05) is 21.3 Å². The number of nitrogens with one attached hydrogen (secondary N) is 1. The van der Waals surface area contributed by atoms with Crippen LogP contribution in [-0.4, -0.2) is 21.9 Å². The molecule has 0 radical (unpaired) electrons. The lowest BCUT2D eigenvalue weighted by Gasteiger charge is -2.04. The quantitative estimate of drug-likeness (QED) is 0.508. The summed E-state index contributed by atoms with van der Waals surface area (Å²) in [5.41, 5.74) is 7.09. The monoisotopic (exact) mass is 410 g/mol. The first-order valence-electron chi connectivity index (χ1n) is 8.21. The molecule has 0 bridgehead atoms. The van der Waals surface area contributed by atoms with Gasteiger partial charge in [0.2, 0.25) is 0 Å². The zero-order chi connectivity index (χ0) is 18.5. The van der Waals surface area contributed by atoms with Crippen LogP contribution in [0.1, 0.15) is 32.9 Å². The molecule has 0 atom stereocenters. The summed E-state index contributed by atoms with van der Waals surface area (Å²) in [4.78, 5) is 12.1. The summed E-state index contributed by atoms with van der Waals surface area (Å²) >= 11 is 3.35.